The third-order valence-corrected chi connectivity index (χ3v) is 5.49. The Morgan fingerprint density at radius 2 is 1.81 bits per heavy atom. The van der Waals surface area contributed by atoms with Crippen molar-refractivity contribution in [1.82, 2.24) is 9.97 Å². The number of nitrogens with zero attached hydrogens (tertiary/aromatic N) is 1. The summed E-state index contributed by atoms with van der Waals surface area (Å²) in [5.74, 6) is 0.142. The molecule has 1 heterocycles. The van der Waals surface area contributed by atoms with Gasteiger partial charge in [-0.1, -0.05) is 48.5 Å². The molecule has 0 saturated carbocycles. The molecule has 0 amide bonds. The number of aromatic amines is 1. The van der Waals surface area contributed by atoms with Crippen molar-refractivity contribution >= 4 is 34.8 Å². The fraction of sp³-hybridized carbons (Fsp3) is 0.120. The van der Waals surface area contributed by atoms with Crippen LogP contribution in [0.15, 0.2) is 82.9 Å². The second-order valence-electron chi connectivity index (χ2n) is 6.89. The van der Waals surface area contributed by atoms with Gasteiger partial charge in [-0.15, -0.1) is 0 Å². The van der Waals surface area contributed by atoms with Gasteiger partial charge in [0.05, 0.1) is 17.6 Å². The van der Waals surface area contributed by atoms with Crippen molar-refractivity contribution in [2.24, 2.45) is 0 Å². The van der Waals surface area contributed by atoms with Crippen LogP contribution in [0, 0.1) is 0 Å². The predicted octanol–water partition coefficient (Wildman–Crippen LogP) is 5.76. The maximum Gasteiger partial charge on any atom is 0.342 e. The second-order valence-corrected chi connectivity index (χ2v) is 7.92. The topological polar surface area (TPSA) is 84.4 Å². The molecular formula is C25H22N2O4S. The largest absolute Gasteiger partial charge is 0.490 e. The molecule has 4 rings (SSSR count). The first-order chi connectivity index (χ1) is 15.6. The van der Waals surface area contributed by atoms with Gasteiger partial charge in [-0.2, -0.15) is 0 Å². The zero-order valence-electron chi connectivity index (χ0n) is 17.4. The summed E-state index contributed by atoms with van der Waals surface area (Å²) in [5.41, 5.74) is 3.40. The number of rotatable bonds is 9. The molecule has 0 aliphatic carbocycles. The minimum atomic E-state index is -1.03. The smallest absolute Gasteiger partial charge is 0.342 e. The van der Waals surface area contributed by atoms with E-state index in [0.29, 0.717) is 35.4 Å². The lowest BCUT2D eigenvalue weighted by atomic mass is 10.2. The summed E-state index contributed by atoms with van der Waals surface area (Å²) in [6, 6.07) is 22.8. The summed E-state index contributed by atoms with van der Waals surface area (Å²) in [7, 11) is 0. The average molecular weight is 447 g/mol. The van der Waals surface area contributed by atoms with Gasteiger partial charge in [0.15, 0.2) is 16.7 Å². The van der Waals surface area contributed by atoms with Crippen LogP contribution >= 0.6 is 11.8 Å². The fourth-order valence-electron chi connectivity index (χ4n) is 3.11. The summed E-state index contributed by atoms with van der Waals surface area (Å²) < 4.78 is 11.7. The molecule has 32 heavy (non-hydrogen) atoms. The van der Waals surface area contributed by atoms with Crippen LogP contribution < -0.4 is 9.47 Å². The summed E-state index contributed by atoms with van der Waals surface area (Å²) in [6.07, 6.45) is 1.60. The monoisotopic (exact) mass is 446 g/mol. The van der Waals surface area contributed by atoms with Gasteiger partial charge in [-0.25, -0.2) is 9.78 Å². The van der Waals surface area contributed by atoms with Crippen LogP contribution in [0.25, 0.3) is 17.1 Å². The number of carboxylic acids is 1. The number of fused-ring (bicyclic) bond motifs is 1. The maximum atomic E-state index is 11.9. The van der Waals surface area contributed by atoms with Gasteiger partial charge in [0, 0.05) is 0 Å². The Labute approximate surface area is 189 Å². The molecule has 6 nitrogen and oxygen atoms in total. The van der Waals surface area contributed by atoms with Crippen molar-refractivity contribution in [1.29, 1.82) is 0 Å². The van der Waals surface area contributed by atoms with E-state index < -0.39 is 5.97 Å². The number of aliphatic carboxylic acids is 1. The van der Waals surface area contributed by atoms with E-state index in [2.05, 4.69) is 9.97 Å². The van der Waals surface area contributed by atoms with Crippen molar-refractivity contribution in [2.75, 3.05) is 6.61 Å². The van der Waals surface area contributed by atoms with Crippen LogP contribution in [-0.4, -0.2) is 27.7 Å². The maximum absolute atomic E-state index is 11.9. The first-order valence-corrected chi connectivity index (χ1v) is 10.9. The van der Waals surface area contributed by atoms with Gasteiger partial charge >= 0.3 is 5.97 Å². The Morgan fingerprint density at radius 1 is 1.03 bits per heavy atom. The number of H-pyrrole nitrogens is 1. The number of para-hydroxylation sites is 2. The zero-order chi connectivity index (χ0) is 22.3. The third-order valence-electron chi connectivity index (χ3n) is 4.59. The van der Waals surface area contributed by atoms with Crippen LogP contribution in [0.4, 0.5) is 0 Å². The lowest BCUT2D eigenvalue weighted by Crippen LogP contribution is -2.00. The minimum absolute atomic E-state index is 0.143. The fourth-order valence-corrected chi connectivity index (χ4v) is 3.90. The normalized spacial score (nSPS) is 11.5. The lowest BCUT2D eigenvalue weighted by Gasteiger charge is -2.13. The Bertz CT molecular complexity index is 1220. The highest BCUT2D eigenvalue weighted by Gasteiger charge is 2.14. The molecule has 0 fully saturated rings. The molecule has 4 aromatic rings. The molecule has 2 N–H and O–H groups in total. The van der Waals surface area contributed by atoms with Crippen LogP contribution in [0.1, 0.15) is 18.1 Å². The van der Waals surface area contributed by atoms with Crippen molar-refractivity contribution in [3.05, 3.63) is 88.8 Å². The van der Waals surface area contributed by atoms with Crippen molar-refractivity contribution < 1.29 is 19.4 Å². The van der Waals surface area contributed by atoms with Gasteiger partial charge in [-0.05, 0) is 60.2 Å². The van der Waals surface area contributed by atoms with Gasteiger partial charge in [0.2, 0.25) is 0 Å². The van der Waals surface area contributed by atoms with Crippen LogP contribution in [0.2, 0.25) is 0 Å². The predicted molar refractivity (Wildman–Crippen MR) is 126 cm³/mol. The van der Waals surface area contributed by atoms with Gasteiger partial charge in [0.1, 0.15) is 11.5 Å². The molecule has 0 aliphatic heterocycles. The highest BCUT2D eigenvalue weighted by atomic mass is 32.2. The van der Waals surface area contributed by atoms with Gasteiger partial charge < -0.3 is 19.6 Å². The van der Waals surface area contributed by atoms with E-state index >= 15 is 0 Å². The number of hydrogen-bond donors (Lipinski definition) is 2. The SMILES string of the molecule is CCOc1cc(/C=C(\Sc2nc3ccccc3[nH]2)C(=O)O)ccc1OCc1ccccc1. The van der Waals surface area contributed by atoms with Crippen LogP contribution in [-0.2, 0) is 11.4 Å². The molecule has 1 aromatic heterocycles. The number of aromatic nitrogens is 2. The summed E-state index contributed by atoms with van der Waals surface area (Å²) in [4.78, 5) is 19.6. The third kappa shape index (κ3) is 5.31. The van der Waals surface area contributed by atoms with Crippen molar-refractivity contribution in [3.8, 4) is 11.5 Å². The van der Waals surface area contributed by atoms with E-state index in [-0.39, 0.29) is 4.91 Å². The molecule has 162 valence electrons. The molecule has 0 unspecified atom stereocenters. The first-order valence-electron chi connectivity index (χ1n) is 10.1. The number of imidazole rings is 1. The number of carboxylic acid groups (broad SMARTS) is 1. The number of ether oxygens (including phenoxy) is 2. The van der Waals surface area contributed by atoms with Crippen molar-refractivity contribution in [2.45, 2.75) is 18.7 Å². The van der Waals surface area contributed by atoms with E-state index in [9.17, 15) is 9.90 Å². The Hall–Kier alpha value is -3.71. The highest BCUT2D eigenvalue weighted by Crippen LogP contribution is 2.33. The van der Waals surface area contributed by atoms with E-state index in [1.165, 1.54) is 0 Å². The second kappa shape index (κ2) is 10.1. The molecule has 0 saturated heterocycles. The van der Waals surface area contributed by atoms with E-state index in [4.69, 9.17) is 9.47 Å². The molecule has 7 heteroatoms. The molecule has 3 aromatic carbocycles. The number of benzene rings is 3. The zero-order valence-corrected chi connectivity index (χ0v) is 18.3. The Kier molecular flexibility index (Phi) is 6.77. The molecular weight excluding hydrogens is 424 g/mol. The Balaban J connectivity index is 1.56. The van der Waals surface area contributed by atoms with Crippen LogP contribution in [0.3, 0.4) is 0 Å². The summed E-state index contributed by atoms with van der Waals surface area (Å²) in [5, 5.41) is 10.2. The first kappa shape index (κ1) is 21.5. The molecule has 0 radical (unpaired) electrons. The standard InChI is InChI=1S/C25H22N2O4S/c1-2-30-22-14-18(12-13-21(22)31-16-17-8-4-3-5-9-17)15-23(24(28)29)32-25-26-19-10-6-7-11-20(19)27-25/h3-15H,2,16H2,1H3,(H,26,27)(H,28,29)/b23-15-. The molecule has 0 bridgehead atoms. The summed E-state index contributed by atoms with van der Waals surface area (Å²) >= 11 is 1.07. The molecule has 0 aliphatic rings. The van der Waals surface area contributed by atoms with Gasteiger partial charge in [0.25, 0.3) is 0 Å². The molecule has 0 spiro atoms. The average Bonchev–Trinajstić information content (AvgIpc) is 3.21. The number of hydrogen-bond acceptors (Lipinski definition) is 5. The van der Waals surface area contributed by atoms with E-state index in [1.807, 2.05) is 67.6 Å². The summed E-state index contributed by atoms with van der Waals surface area (Å²) in [6.45, 7) is 2.77. The lowest BCUT2D eigenvalue weighted by molar-refractivity contribution is -0.131. The Morgan fingerprint density at radius 3 is 2.56 bits per heavy atom. The van der Waals surface area contributed by atoms with Gasteiger partial charge in [-0.3, -0.25) is 0 Å². The number of nitrogens with one attached hydrogen (secondary N) is 1. The molecule has 0 atom stereocenters. The van der Waals surface area contributed by atoms with E-state index in [0.717, 1.165) is 28.4 Å². The highest BCUT2D eigenvalue weighted by molar-refractivity contribution is 8.04. The van der Waals surface area contributed by atoms with E-state index in [1.54, 1.807) is 18.2 Å². The van der Waals surface area contributed by atoms with Crippen LogP contribution in [0.5, 0.6) is 11.5 Å². The number of thioether (sulfide) groups is 1. The minimum Gasteiger partial charge on any atom is -0.490 e. The van der Waals surface area contributed by atoms with Crippen molar-refractivity contribution in [3.63, 3.8) is 0 Å². The quantitative estimate of drug-likeness (QED) is 0.251. The number of carbonyl (C=O) groups is 1.